The van der Waals surface area contributed by atoms with Crippen LogP contribution in [-0.2, 0) is 6.42 Å². The second-order valence-electron chi connectivity index (χ2n) is 3.63. The van der Waals surface area contributed by atoms with Crippen molar-refractivity contribution in [3.05, 3.63) is 10.6 Å². The molecule has 0 bridgehead atoms. The Kier molecular flexibility index (Phi) is 2.26. The number of fused-ring (bicyclic) bond motifs is 1. The topological polar surface area (TPSA) is 28.2 Å². The molecule has 13 heavy (non-hydrogen) atoms. The van der Waals surface area contributed by atoms with Gasteiger partial charge in [0.2, 0.25) is 0 Å². The molecule has 0 unspecified atom stereocenters. The van der Waals surface area contributed by atoms with Crippen LogP contribution in [0, 0.1) is 0 Å². The molecule has 1 aliphatic heterocycles. The van der Waals surface area contributed by atoms with Gasteiger partial charge in [0.15, 0.2) is 5.13 Å². The highest BCUT2D eigenvalue weighted by atomic mass is 32.1. The van der Waals surface area contributed by atoms with Crippen LogP contribution in [0.3, 0.4) is 0 Å². The lowest BCUT2D eigenvalue weighted by atomic mass is 10.1. The minimum Gasteiger partial charge on any atom is -0.354 e. The lowest BCUT2D eigenvalue weighted by Crippen LogP contribution is -2.26. The monoisotopic (exact) mass is 197 g/mol. The predicted molar refractivity (Wildman–Crippen MR) is 56.6 cm³/mol. The van der Waals surface area contributed by atoms with Crippen molar-refractivity contribution >= 4 is 16.5 Å². The van der Waals surface area contributed by atoms with Gasteiger partial charge in [0.1, 0.15) is 0 Å². The van der Waals surface area contributed by atoms with E-state index in [0.29, 0.717) is 6.04 Å². The first-order valence-electron chi connectivity index (χ1n) is 4.59. The fourth-order valence-corrected chi connectivity index (χ4v) is 2.62. The highest BCUT2D eigenvalue weighted by Gasteiger charge is 2.20. The summed E-state index contributed by atoms with van der Waals surface area (Å²) in [4.78, 5) is 8.10. The van der Waals surface area contributed by atoms with Gasteiger partial charge < -0.3 is 10.2 Å². The van der Waals surface area contributed by atoms with E-state index in [1.54, 1.807) is 11.3 Å². The van der Waals surface area contributed by atoms with Crippen molar-refractivity contribution in [1.29, 1.82) is 0 Å². The second kappa shape index (κ2) is 3.27. The van der Waals surface area contributed by atoms with Crippen molar-refractivity contribution in [1.82, 2.24) is 10.3 Å². The van der Waals surface area contributed by atoms with Crippen molar-refractivity contribution in [2.24, 2.45) is 0 Å². The molecule has 0 fully saturated rings. The van der Waals surface area contributed by atoms with Crippen LogP contribution in [0.1, 0.15) is 23.5 Å². The third kappa shape index (κ3) is 1.56. The van der Waals surface area contributed by atoms with Crippen LogP contribution in [0.5, 0.6) is 0 Å². The molecule has 1 atom stereocenters. The number of nitrogens with one attached hydrogen (secondary N) is 1. The molecule has 4 heteroatoms. The summed E-state index contributed by atoms with van der Waals surface area (Å²) in [6, 6.07) is 0.481. The van der Waals surface area contributed by atoms with E-state index in [0.717, 1.165) is 18.1 Å². The van der Waals surface area contributed by atoms with E-state index in [4.69, 9.17) is 0 Å². The van der Waals surface area contributed by atoms with Crippen LogP contribution in [0.4, 0.5) is 5.13 Å². The van der Waals surface area contributed by atoms with Crippen molar-refractivity contribution in [3.63, 3.8) is 0 Å². The molecule has 0 aromatic carbocycles. The summed E-state index contributed by atoms with van der Waals surface area (Å²) in [7, 11) is 4.09. The van der Waals surface area contributed by atoms with Gasteiger partial charge in [0, 0.05) is 38.0 Å². The SMILES string of the molecule is C[C@H]1NCCc2nc(N(C)C)sc21. The van der Waals surface area contributed by atoms with Crippen LogP contribution >= 0.6 is 11.3 Å². The Bertz CT molecular complexity index is 306. The summed E-state index contributed by atoms with van der Waals surface area (Å²) in [6.07, 6.45) is 1.07. The summed E-state index contributed by atoms with van der Waals surface area (Å²) in [5.41, 5.74) is 1.29. The first-order chi connectivity index (χ1) is 6.18. The number of hydrogen-bond donors (Lipinski definition) is 1. The summed E-state index contributed by atoms with van der Waals surface area (Å²) in [6.45, 7) is 3.26. The van der Waals surface area contributed by atoms with E-state index in [1.165, 1.54) is 10.6 Å². The van der Waals surface area contributed by atoms with Gasteiger partial charge in [0.25, 0.3) is 0 Å². The third-order valence-corrected chi connectivity index (χ3v) is 3.75. The Labute approximate surface area is 82.8 Å². The first kappa shape index (κ1) is 8.97. The molecular formula is C9H15N3S. The van der Waals surface area contributed by atoms with Gasteiger partial charge in [-0.1, -0.05) is 0 Å². The fraction of sp³-hybridized carbons (Fsp3) is 0.667. The predicted octanol–water partition coefficient (Wildman–Crippen LogP) is 1.42. The molecule has 0 spiro atoms. The van der Waals surface area contributed by atoms with Gasteiger partial charge in [-0.15, -0.1) is 11.3 Å². The molecular weight excluding hydrogens is 182 g/mol. The van der Waals surface area contributed by atoms with Crippen molar-refractivity contribution < 1.29 is 0 Å². The second-order valence-corrected chi connectivity index (χ2v) is 4.64. The average Bonchev–Trinajstić information content (AvgIpc) is 2.49. The van der Waals surface area contributed by atoms with Crippen LogP contribution in [-0.4, -0.2) is 25.6 Å². The highest BCUT2D eigenvalue weighted by molar-refractivity contribution is 7.15. The smallest absolute Gasteiger partial charge is 0.185 e. The molecule has 72 valence electrons. The molecule has 0 saturated heterocycles. The maximum absolute atomic E-state index is 4.61. The Morgan fingerprint density at radius 2 is 2.31 bits per heavy atom. The number of hydrogen-bond acceptors (Lipinski definition) is 4. The number of aromatic nitrogens is 1. The van der Waals surface area contributed by atoms with Crippen LogP contribution in [0.25, 0.3) is 0 Å². The maximum atomic E-state index is 4.61. The zero-order valence-corrected chi connectivity index (χ0v) is 9.11. The van der Waals surface area contributed by atoms with E-state index >= 15 is 0 Å². The van der Waals surface area contributed by atoms with E-state index < -0.39 is 0 Å². The van der Waals surface area contributed by atoms with Gasteiger partial charge in [-0.25, -0.2) is 4.98 Å². The zero-order valence-electron chi connectivity index (χ0n) is 8.29. The lowest BCUT2D eigenvalue weighted by molar-refractivity contribution is 0.545. The summed E-state index contributed by atoms with van der Waals surface area (Å²) in [5, 5.41) is 4.57. The summed E-state index contributed by atoms with van der Waals surface area (Å²) >= 11 is 1.80. The molecule has 0 aliphatic carbocycles. The maximum Gasteiger partial charge on any atom is 0.185 e. The Morgan fingerprint density at radius 3 is 2.92 bits per heavy atom. The molecule has 1 aromatic heterocycles. The first-order valence-corrected chi connectivity index (χ1v) is 5.40. The standard InChI is InChI=1S/C9H15N3S/c1-6-8-7(4-5-10-6)11-9(13-8)12(2)3/h6,10H,4-5H2,1-3H3/t6-/m1/s1. The van der Waals surface area contributed by atoms with Gasteiger partial charge >= 0.3 is 0 Å². The van der Waals surface area contributed by atoms with Crippen LogP contribution in [0.2, 0.25) is 0 Å². The Hall–Kier alpha value is -0.610. The van der Waals surface area contributed by atoms with Crippen molar-refractivity contribution in [3.8, 4) is 0 Å². The highest BCUT2D eigenvalue weighted by Crippen LogP contribution is 2.32. The minimum atomic E-state index is 0.481. The van der Waals surface area contributed by atoms with Gasteiger partial charge in [0.05, 0.1) is 5.69 Å². The molecule has 3 nitrogen and oxygen atoms in total. The molecule has 0 saturated carbocycles. The average molecular weight is 197 g/mol. The quantitative estimate of drug-likeness (QED) is 0.738. The molecule has 1 aliphatic rings. The Morgan fingerprint density at radius 1 is 1.54 bits per heavy atom. The van der Waals surface area contributed by atoms with E-state index in [-0.39, 0.29) is 0 Å². The molecule has 2 rings (SSSR count). The van der Waals surface area contributed by atoms with Crippen LogP contribution < -0.4 is 10.2 Å². The van der Waals surface area contributed by atoms with E-state index in [9.17, 15) is 0 Å². The fourth-order valence-electron chi connectivity index (χ4n) is 1.56. The molecule has 0 radical (unpaired) electrons. The van der Waals surface area contributed by atoms with Crippen LogP contribution in [0.15, 0.2) is 0 Å². The lowest BCUT2D eigenvalue weighted by Gasteiger charge is -2.18. The molecule has 0 amide bonds. The molecule has 1 N–H and O–H groups in total. The minimum absolute atomic E-state index is 0.481. The normalized spacial score (nSPS) is 21.3. The van der Waals surface area contributed by atoms with E-state index in [1.807, 2.05) is 14.1 Å². The zero-order chi connectivity index (χ0) is 9.42. The van der Waals surface area contributed by atoms with Gasteiger partial charge in [-0.2, -0.15) is 0 Å². The third-order valence-electron chi connectivity index (χ3n) is 2.30. The van der Waals surface area contributed by atoms with Crippen molar-refractivity contribution in [2.45, 2.75) is 19.4 Å². The number of nitrogens with zero attached hydrogens (tertiary/aromatic N) is 2. The van der Waals surface area contributed by atoms with Crippen molar-refractivity contribution in [2.75, 3.05) is 25.5 Å². The van der Waals surface area contributed by atoms with E-state index in [2.05, 4.69) is 22.1 Å². The number of rotatable bonds is 1. The Balaban J connectivity index is 2.36. The molecule has 2 heterocycles. The summed E-state index contributed by atoms with van der Waals surface area (Å²) < 4.78 is 0. The van der Waals surface area contributed by atoms with Gasteiger partial charge in [-0.05, 0) is 6.92 Å². The number of anilines is 1. The van der Waals surface area contributed by atoms with Gasteiger partial charge in [-0.3, -0.25) is 0 Å². The number of thiazole rings is 1. The largest absolute Gasteiger partial charge is 0.354 e. The summed E-state index contributed by atoms with van der Waals surface area (Å²) in [5.74, 6) is 0. The molecule has 1 aromatic rings.